The number of halogens is 2. The zero-order valence-electron chi connectivity index (χ0n) is 11.0. The van der Waals surface area contributed by atoms with E-state index in [4.69, 9.17) is 5.11 Å². The van der Waals surface area contributed by atoms with Gasteiger partial charge >= 0.3 is 5.97 Å². The minimum absolute atomic E-state index is 0.334. The van der Waals surface area contributed by atoms with Crippen LogP contribution in [-0.4, -0.2) is 22.5 Å². The van der Waals surface area contributed by atoms with E-state index in [0.717, 1.165) is 12.1 Å². The normalized spacial score (nSPS) is 17.9. The van der Waals surface area contributed by atoms with Gasteiger partial charge in [0.2, 0.25) is 5.91 Å². The molecule has 1 saturated carbocycles. The largest absolute Gasteiger partial charge is 0.480 e. The molecule has 1 unspecified atom stereocenters. The molecule has 1 atom stereocenters. The van der Waals surface area contributed by atoms with Crippen molar-refractivity contribution < 1.29 is 23.5 Å². The molecule has 1 amide bonds. The molecule has 20 heavy (non-hydrogen) atoms. The van der Waals surface area contributed by atoms with E-state index in [9.17, 15) is 18.4 Å². The Morgan fingerprint density at radius 1 is 1.30 bits per heavy atom. The predicted octanol–water partition coefficient (Wildman–Crippen LogP) is 2.19. The van der Waals surface area contributed by atoms with Crippen molar-refractivity contribution in [1.29, 1.82) is 0 Å². The summed E-state index contributed by atoms with van der Waals surface area (Å²) in [6.45, 7) is 1.35. The highest BCUT2D eigenvalue weighted by Crippen LogP contribution is 2.33. The molecular formula is C14H15F2NO3. The monoisotopic (exact) mass is 283 g/mol. The molecule has 1 aliphatic rings. The summed E-state index contributed by atoms with van der Waals surface area (Å²) in [5, 5.41) is 11.5. The molecule has 0 aliphatic heterocycles. The second kappa shape index (κ2) is 5.19. The minimum atomic E-state index is -1.28. The van der Waals surface area contributed by atoms with E-state index in [1.807, 2.05) is 0 Å². The van der Waals surface area contributed by atoms with Crippen LogP contribution < -0.4 is 5.32 Å². The molecule has 0 heterocycles. The number of carbonyl (C=O) groups is 2. The lowest BCUT2D eigenvalue weighted by atomic mass is 9.76. The highest BCUT2D eigenvalue weighted by Gasteiger charge is 2.46. The van der Waals surface area contributed by atoms with Gasteiger partial charge in [0.05, 0.1) is 5.92 Å². The molecule has 0 radical (unpaired) electrons. The highest BCUT2D eigenvalue weighted by molar-refractivity contribution is 5.91. The Morgan fingerprint density at radius 2 is 1.85 bits per heavy atom. The van der Waals surface area contributed by atoms with Gasteiger partial charge in [-0.3, -0.25) is 4.79 Å². The smallest absolute Gasteiger partial charge is 0.329 e. The van der Waals surface area contributed by atoms with E-state index in [0.29, 0.717) is 19.3 Å². The van der Waals surface area contributed by atoms with Crippen LogP contribution in [0.25, 0.3) is 0 Å². The van der Waals surface area contributed by atoms with E-state index in [-0.39, 0.29) is 5.56 Å². The number of hydrogen-bond donors (Lipinski definition) is 2. The third-order valence-electron chi connectivity index (χ3n) is 3.80. The van der Waals surface area contributed by atoms with Gasteiger partial charge in [0.15, 0.2) is 0 Å². The lowest BCUT2D eigenvalue weighted by Crippen LogP contribution is -2.59. The summed E-state index contributed by atoms with van der Waals surface area (Å²) in [7, 11) is 0. The number of carboxylic acid groups (broad SMARTS) is 1. The summed E-state index contributed by atoms with van der Waals surface area (Å²) >= 11 is 0. The summed E-state index contributed by atoms with van der Waals surface area (Å²) in [6.07, 6.45) is 1.37. The van der Waals surface area contributed by atoms with Crippen LogP contribution in [0.3, 0.4) is 0 Å². The van der Waals surface area contributed by atoms with Crippen LogP contribution >= 0.6 is 0 Å². The molecule has 0 aromatic heterocycles. The molecule has 0 bridgehead atoms. The first-order chi connectivity index (χ1) is 9.37. The van der Waals surface area contributed by atoms with Crippen molar-refractivity contribution in [3.05, 3.63) is 35.4 Å². The van der Waals surface area contributed by atoms with Crippen molar-refractivity contribution in [3.63, 3.8) is 0 Å². The lowest BCUT2D eigenvalue weighted by molar-refractivity contribution is -0.152. The molecule has 1 fully saturated rings. The second-order valence-electron chi connectivity index (χ2n) is 5.09. The van der Waals surface area contributed by atoms with Gasteiger partial charge in [0.1, 0.15) is 17.2 Å². The maximum Gasteiger partial charge on any atom is 0.329 e. The Kier molecular flexibility index (Phi) is 3.74. The van der Waals surface area contributed by atoms with Crippen molar-refractivity contribution >= 4 is 11.9 Å². The standard InChI is InChI=1S/C14H15F2NO3/c1-8(11-9(15)4-2-5-10(11)16)12(18)17-14(13(19)20)6-3-7-14/h2,4-5,8H,3,6-7H2,1H3,(H,17,18)(H,19,20). The molecule has 0 spiro atoms. The van der Waals surface area contributed by atoms with Gasteiger partial charge in [-0.1, -0.05) is 6.07 Å². The topological polar surface area (TPSA) is 66.4 Å². The first-order valence-corrected chi connectivity index (χ1v) is 6.37. The number of rotatable bonds is 4. The van der Waals surface area contributed by atoms with Crippen LogP contribution in [0.2, 0.25) is 0 Å². The molecular weight excluding hydrogens is 268 g/mol. The summed E-state index contributed by atoms with van der Waals surface area (Å²) < 4.78 is 27.2. The van der Waals surface area contributed by atoms with Crippen molar-refractivity contribution in [2.24, 2.45) is 0 Å². The summed E-state index contributed by atoms with van der Waals surface area (Å²) in [4.78, 5) is 23.2. The molecule has 6 heteroatoms. The van der Waals surface area contributed by atoms with Gasteiger partial charge in [0, 0.05) is 5.56 Å². The van der Waals surface area contributed by atoms with Crippen LogP contribution in [0.1, 0.15) is 37.7 Å². The van der Waals surface area contributed by atoms with Gasteiger partial charge in [-0.05, 0) is 38.3 Å². The molecule has 2 N–H and O–H groups in total. The van der Waals surface area contributed by atoms with E-state index in [1.165, 1.54) is 13.0 Å². The van der Waals surface area contributed by atoms with Crippen LogP contribution in [0.15, 0.2) is 18.2 Å². The Balaban J connectivity index is 2.19. The number of carbonyl (C=O) groups excluding carboxylic acids is 1. The summed E-state index contributed by atoms with van der Waals surface area (Å²) in [5.74, 6) is -4.52. The van der Waals surface area contributed by atoms with E-state index in [1.54, 1.807) is 0 Å². The van der Waals surface area contributed by atoms with Gasteiger partial charge in [-0.15, -0.1) is 0 Å². The average molecular weight is 283 g/mol. The zero-order chi connectivity index (χ0) is 14.9. The maximum absolute atomic E-state index is 13.6. The Morgan fingerprint density at radius 3 is 2.25 bits per heavy atom. The lowest BCUT2D eigenvalue weighted by Gasteiger charge is -2.39. The van der Waals surface area contributed by atoms with E-state index in [2.05, 4.69) is 5.32 Å². The minimum Gasteiger partial charge on any atom is -0.480 e. The predicted molar refractivity (Wildman–Crippen MR) is 67.1 cm³/mol. The molecule has 2 rings (SSSR count). The molecule has 0 saturated heterocycles. The summed E-state index contributed by atoms with van der Waals surface area (Å²) in [6, 6.07) is 3.35. The third kappa shape index (κ3) is 2.37. The number of benzene rings is 1. The third-order valence-corrected chi connectivity index (χ3v) is 3.80. The first-order valence-electron chi connectivity index (χ1n) is 6.37. The van der Waals surface area contributed by atoms with Crippen LogP contribution in [0.4, 0.5) is 8.78 Å². The highest BCUT2D eigenvalue weighted by atomic mass is 19.1. The van der Waals surface area contributed by atoms with Crippen LogP contribution in [-0.2, 0) is 9.59 Å². The first kappa shape index (κ1) is 14.4. The fourth-order valence-electron chi connectivity index (χ4n) is 2.32. The van der Waals surface area contributed by atoms with Gasteiger partial charge in [-0.2, -0.15) is 0 Å². The second-order valence-corrected chi connectivity index (χ2v) is 5.09. The fourth-order valence-corrected chi connectivity index (χ4v) is 2.32. The van der Waals surface area contributed by atoms with Crippen molar-refractivity contribution in [3.8, 4) is 0 Å². The van der Waals surface area contributed by atoms with E-state index < -0.39 is 35.0 Å². The molecule has 1 aromatic rings. The quantitative estimate of drug-likeness (QED) is 0.890. The Hall–Kier alpha value is -1.98. The summed E-state index contributed by atoms with van der Waals surface area (Å²) in [5.41, 5.74) is -1.63. The SMILES string of the molecule is CC(C(=O)NC1(C(=O)O)CCC1)c1c(F)cccc1F. The van der Waals surface area contributed by atoms with Gasteiger partial charge in [-0.25, -0.2) is 13.6 Å². The average Bonchev–Trinajstić information content (AvgIpc) is 2.32. The van der Waals surface area contributed by atoms with Crippen molar-refractivity contribution in [2.75, 3.05) is 0 Å². The van der Waals surface area contributed by atoms with E-state index >= 15 is 0 Å². The number of aliphatic carboxylic acids is 1. The number of carboxylic acids is 1. The molecule has 4 nitrogen and oxygen atoms in total. The molecule has 1 aliphatic carbocycles. The fraction of sp³-hybridized carbons (Fsp3) is 0.429. The number of nitrogens with one attached hydrogen (secondary N) is 1. The molecule has 1 aromatic carbocycles. The Labute approximate surface area is 114 Å². The zero-order valence-corrected chi connectivity index (χ0v) is 11.0. The van der Waals surface area contributed by atoms with Crippen LogP contribution in [0.5, 0.6) is 0 Å². The van der Waals surface area contributed by atoms with Crippen molar-refractivity contribution in [2.45, 2.75) is 37.6 Å². The maximum atomic E-state index is 13.6. The van der Waals surface area contributed by atoms with Gasteiger partial charge in [0.25, 0.3) is 0 Å². The Bertz CT molecular complexity index is 535. The van der Waals surface area contributed by atoms with Crippen LogP contribution in [0, 0.1) is 11.6 Å². The van der Waals surface area contributed by atoms with Gasteiger partial charge < -0.3 is 10.4 Å². The van der Waals surface area contributed by atoms with Crippen molar-refractivity contribution in [1.82, 2.24) is 5.32 Å². The number of hydrogen-bond acceptors (Lipinski definition) is 2. The molecule has 108 valence electrons. The number of amides is 1.